The highest BCUT2D eigenvalue weighted by atomic mass is 32.2. The van der Waals surface area contributed by atoms with E-state index in [-0.39, 0.29) is 11.4 Å². The summed E-state index contributed by atoms with van der Waals surface area (Å²) in [5, 5.41) is 7.87. The number of anilines is 1. The van der Waals surface area contributed by atoms with Crippen molar-refractivity contribution in [2.24, 2.45) is 0 Å². The molecule has 0 aliphatic rings. The van der Waals surface area contributed by atoms with Crippen LogP contribution in [0.25, 0.3) is 5.65 Å². The van der Waals surface area contributed by atoms with Gasteiger partial charge in [-0.15, -0.1) is 10.2 Å². The second-order valence-electron chi connectivity index (χ2n) is 6.95. The first kappa shape index (κ1) is 19.1. The van der Waals surface area contributed by atoms with Gasteiger partial charge in [-0.2, -0.15) is 0 Å². The molecule has 0 spiro atoms. The number of hydrogen-bond donors (Lipinski definition) is 0. The van der Waals surface area contributed by atoms with Gasteiger partial charge in [0.25, 0.3) is 10.0 Å². The number of rotatable bonds is 6. The molecule has 2 aromatic carbocycles. The monoisotopic (exact) mass is 406 g/mol. The van der Waals surface area contributed by atoms with E-state index in [4.69, 9.17) is 0 Å². The molecule has 0 amide bonds. The van der Waals surface area contributed by atoms with Crippen molar-refractivity contribution >= 4 is 21.4 Å². The predicted molar refractivity (Wildman–Crippen MR) is 113 cm³/mol. The molecular weight excluding hydrogens is 384 g/mol. The molecule has 4 aromatic rings. The van der Waals surface area contributed by atoms with Crippen molar-refractivity contribution in [3.05, 3.63) is 89.9 Å². The van der Waals surface area contributed by atoms with E-state index in [1.807, 2.05) is 55.5 Å². The van der Waals surface area contributed by atoms with Gasteiger partial charge in [-0.3, -0.25) is 8.71 Å². The fourth-order valence-electron chi connectivity index (χ4n) is 3.34. The van der Waals surface area contributed by atoms with Gasteiger partial charge in [0.05, 0.1) is 12.2 Å². The Bertz CT molecular complexity index is 1250. The maximum Gasteiger partial charge on any atom is 0.268 e. The molecule has 0 unspecified atom stereocenters. The maximum atomic E-state index is 13.7. The van der Waals surface area contributed by atoms with Crippen LogP contribution in [0.1, 0.15) is 23.6 Å². The molecule has 0 saturated carbocycles. The Balaban J connectivity index is 1.85. The average Bonchev–Trinajstić information content (AvgIpc) is 3.21. The van der Waals surface area contributed by atoms with E-state index in [1.54, 1.807) is 22.7 Å². The Labute approximate surface area is 170 Å². The fourth-order valence-corrected chi connectivity index (χ4v) is 4.92. The lowest BCUT2D eigenvalue weighted by molar-refractivity contribution is 0.590. The highest BCUT2D eigenvalue weighted by Gasteiger charge is 2.28. The summed E-state index contributed by atoms with van der Waals surface area (Å²) < 4.78 is 30.5. The molecule has 0 N–H and O–H groups in total. The van der Waals surface area contributed by atoms with E-state index in [2.05, 4.69) is 17.1 Å². The topological polar surface area (TPSA) is 67.6 Å². The minimum absolute atomic E-state index is 0.129. The van der Waals surface area contributed by atoms with Crippen LogP contribution in [-0.2, 0) is 23.0 Å². The average molecular weight is 407 g/mol. The molecule has 2 heterocycles. The number of fused-ring (bicyclic) bond motifs is 1. The fraction of sp³-hybridized carbons (Fsp3) is 0.182. The molecule has 0 fully saturated rings. The summed E-state index contributed by atoms with van der Waals surface area (Å²) in [6.45, 7) is 4.29. The van der Waals surface area contributed by atoms with Crippen molar-refractivity contribution in [1.82, 2.24) is 14.6 Å². The predicted octanol–water partition coefficient (Wildman–Crippen LogP) is 4.00. The van der Waals surface area contributed by atoms with Crippen LogP contribution < -0.4 is 4.31 Å². The van der Waals surface area contributed by atoms with E-state index in [1.165, 1.54) is 10.6 Å². The number of nitrogens with zero attached hydrogens (tertiary/aromatic N) is 4. The van der Waals surface area contributed by atoms with Crippen LogP contribution in [0.2, 0.25) is 0 Å². The summed E-state index contributed by atoms with van der Waals surface area (Å²) >= 11 is 0. The zero-order valence-electron chi connectivity index (χ0n) is 16.4. The smallest absolute Gasteiger partial charge is 0.268 e. The molecule has 29 heavy (non-hydrogen) atoms. The SMILES string of the molecule is CCc1ccc(N(Cc2cccc(C)c2)S(=O)(=O)c2cccn3cnnc23)cc1. The summed E-state index contributed by atoms with van der Waals surface area (Å²) in [6.07, 6.45) is 4.12. The van der Waals surface area contributed by atoms with E-state index < -0.39 is 10.0 Å². The molecule has 2 aromatic heterocycles. The van der Waals surface area contributed by atoms with Crippen molar-refractivity contribution in [3.63, 3.8) is 0 Å². The van der Waals surface area contributed by atoms with Gasteiger partial charge in [0.2, 0.25) is 0 Å². The minimum Gasteiger partial charge on any atom is -0.288 e. The second kappa shape index (κ2) is 7.67. The molecule has 0 radical (unpaired) electrons. The number of hydrogen-bond acceptors (Lipinski definition) is 4. The van der Waals surface area contributed by atoms with Gasteiger partial charge in [-0.1, -0.05) is 48.9 Å². The van der Waals surface area contributed by atoms with Gasteiger partial charge in [-0.25, -0.2) is 8.42 Å². The van der Waals surface area contributed by atoms with Crippen molar-refractivity contribution in [1.29, 1.82) is 0 Å². The number of aryl methyl sites for hydroxylation is 2. The van der Waals surface area contributed by atoms with E-state index in [0.29, 0.717) is 11.3 Å². The van der Waals surface area contributed by atoms with Gasteiger partial charge in [0.15, 0.2) is 5.65 Å². The van der Waals surface area contributed by atoms with E-state index in [9.17, 15) is 8.42 Å². The van der Waals surface area contributed by atoms with Gasteiger partial charge >= 0.3 is 0 Å². The third-order valence-electron chi connectivity index (χ3n) is 4.90. The number of benzene rings is 2. The lowest BCUT2D eigenvalue weighted by Gasteiger charge is -2.25. The zero-order chi connectivity index (χ0) is 20.4. The van der Waals surface area contributed by atoms with Crippen LogP contribution in [0.5, 0.6) is 0 Å². The van der Waals surface area contributed by atoms with Gasteiger partial charge in [-0.05, 0) is 48.7 Å². The Morgan fingerprint density at radius 1 is 1.00 bits per heavy atom. The lowest BCUT2D eigenvalue weighted by Crippen LogP contribution is -2.31. The molecule has 0 aliphatic carbocycles. The Morgan fingerprint density at radius 3 is 2.52 bits per heavy atom. The van der Waals surface area contributed by atoms with Gasteiger partial charge in [0, 0.05) is 6.20 Å². The molecule has 148 valence electrons. The Kier molecular flexibility index (Phi) is 5.07. The standard InChI is InChI=1S/C22H22N4O2S/c1-3-18-9-11-20(12-10-18)26(15-19-7-4-6-17(2)14-19)29(27,28)21-8-5-13-25-16-23-24-22(21)25/h4-14,16H,3,15H2,1-2H3. The number of pyridine rings is 1. The highest BCUT2D eigenvalue weighted by molar-refractivity contribution is 7.93. The molecule has 0 atom stereocenters. The largest absolute Gasteiger partial charge is 0.288 e. The molecule has 6 nitrogen and oxygen atoms in total. The van der Waals surface area contributed by atoms with Crippen molar-refractivity contribution < 1.29 is 8.42 Å². The summed E-state index contributed by atoms with van der Waals surface area (Å²) in [5.41, 5.74) is 4.08. The molecule has 4 rings (SSSR count). The lowest BCUT2D eigenvalue weighted by atomic mass is 10.1. The third kappa shape index (κ3) is 3.73. The van der Waals surface area contributed by atoms with Crippen molar-refractivity contribution in [3.8, 4) is 0 Å². The quantitative estimate of drug-likeness (QED) is 0.485. The van der Waals surface area contributed by atoms with Crippen LogP contribution in [0, 0.1) is 6.92 Å². The van der Waals surface area contributed by atoms with Crippen LogP contribution in [-0.4, -0.2) is 23.0 Å². The molecular formula is C22H22N4O2S. The first-order valence-corrected chi connectivity index (χ1v) is 10.9. The van der Waals surface area contributed by atoms with Gasteiger partial charge in [0.1, 0.15) is 11.2 Å². The zero-order valence-corrected chi connectivity index (χ0v) is 17.2. The molecule has 0 aliphatic heterocycles. The summed E-state index contributed by atoms with van der Waals surface area (Å²) in [6, 6.07) is 18.8. The van der Waals surface area contributed by atoms with Crippen LogP contribution >= 0.6 is 0 Å². The Hall–Kier alpha value is -3.19. The number of sulfonamides is 1. The second-order valence-corrected chi connectivity index (χ2v) is 8.79. The summed E-state index contributed by atoms with van der Waals surface area (Å²) in [7, 11) is -3.87. The maximum absolute atomic E-state index is 13.7. The van der Waals surface area contributed by atoms with Crippen molar-refractivity contribution in [2.45, 2.75) is 31.7 Å². The van der Waals surface area contributed by atoms with Crippen LogP contribution in [0.4, 0.5) is 5.69 Å². The van der Waals surface area contributed by atoms with E-state index in [0.717, 1.165) is 23.1 Å². The Morgan fingerprint density at radius 2 is 1.79 bits per heavy atom. The van der Waals surface area contributed by atoms with E-state index >= 15 is 0 Å². The number of aromatic nitrogens is 3. The first-order chi connectivity index (χ1) is 14.0. The molecule has 0 bridgehead atoms. The van der Waals surface area contributed by atoms with Gasteiger partial charge < -0.3 is 0 Å². The molecule has 0 saturated heterocycles. The first-order valence-electron chi connectivity index (χ1n) is 9.44. The normalized spacial score (nSPS) is 11.7. The van der Waals surface area contributed by atoms with Crippen LogP contribution in [0.15, 0.2) is 78.1 Å². The van der Waals surface area contributed by atoms with Crippen LogP contribution in [0.3, 0.4) is 0 Å². The molecule has 7 heteroatoms. The summed E-state index contributed by atoms with van der Waals surface area (Å²) in [5.74, 6) is 0. The minimum atomic E-state index is -3.87. The van der Waals surface area contributed by atoms with Crippen molar-refractivity contribution in [2.75, 3.05) is 4.31 Å². The highest BCUT2D eigenvalue weighted by Crippen LogP contribution is 2.28. The third-order valence-corrected chi connectivity index (χ3v) is 6.69. The summed E-state index contributed by atoms with van der Waals surface area (Å²) in [4.78, 5) is 0.129.